The number of anilines is 2. The zero-order chi connectivity index (χ0) is 13.7. The highest BCUT2D eigenvalue weighted by atomic mass is 16.3. The van der Waals surface area contributed by atoms with Crippen LogP contribution < -0.4 is 11.1 Å². The highest BCUT2D eigenvalue weighted by Crippen LogP contribution is 2.22. The van der Waals surface area contributed by atoms with Crippen LogP contribution in [-0.2, 0) is 0 Å². The van der Waals surface area contributed by atoms with E-state index in [1.807, 2.05) is 24.3 Å². The number of fused-ring (bicyclic) bond motifs is 1. The number of aromatic nitrogens is 2. The van der Waals surface area contributed by atoms with Crippen LogP contribution in [0.1, 0.15) is 26.2 Å². The van der Waals surface area contributed by atoms with Crippen LogP contribution in [0, 0.1) is 0 Å². The summed E-state index contributed by atoms with van der Waals surface area (Å²) in [4.78, 5) is 8.44. The van der Waals surface area contributed by atoms with E-state index >= 15 is 0 Å². The predicted octanol–water partition coefficient (Wildman–Crippen LogP) is 2.17. The van der Waals surface area contributed by atoms with Crippen LogP contribution >= 0.6 is 0 Å². The average Bonchev–Trinajstić information content (AvgIpc) is 2.43. The largest absolute Gasteiger partial charge is 0.394 e. The minimum absolute atomic E-state index is 0.00217. The van der Waals surface area contributed by atoms with Crippen molar-refractivity contribution in [1.29, 1.82) is 0 Å². The molecule has 0 spiro atoms. The van der Waals surface area contributed by atoms with Crippen LogP contribution in [0.5, 0.6) is 0 Å². The number of benzene rings is 1. The Labute approximate surface area is 112 Å². The van der Waals surface area contributed by atoms with Gasteiger partial charge in [-0.15, -0.1) is 0 Å². The second-order valence-corrected chi connectivity index (χ2v) is 4.61. The molecular weight excluding hydrogens is 240 g/mol. The molecule has 0 bridgehead atoms. The molecule has 1 unspecified atom stereocenters. The van der Waals surface area contributed by atoms with E-state index in [0.717, 1.165) is 30.2 Å². The van der Waals surface area contributed by atoms with Crippen LogP contribution in [0.3, 0.4) is 0 Å². The van der Waals surface area contributed by atoms with E-state index in [2.05, 4.69) is 22.2 Å². The van der Waals surface area contributed by atoms with Gasteiger partial charge in [-0.2, -0.15) is 4.98 Å². The quantitative estimate of drug-likeness (QED) is 0.741. The first kappa shape index (κ1) is 13.5. The van der Waals surface area contributed by atoms with E-state index < -0.39 is 0 Å². The number of para-hydroxylation sites is 1. The van der Waals surface area contributed by atoms with Crippen molar-refractivity contribution >= 4 is 22.7 Å². The summed E-state index contributed by atoms with van der Waals surface area (Å²) in [5, 5.41) is 13.6. The third kappa shape index (κ3) is 3.32. The number of hydrogen-bond acceptors (Lipinski definition) is 5. The van der Waals surface area contributed by atoms with Crippen molar-refractivity contribution < 1.29 is 5.11 Å². The van der Waals surface area contributed by atoms with Crippen molar-refractivity contribution in [3.05, 3.63) is 24.3 Å². The monoisotopic (exact) mass is 260 g/mol. The molecule has 19 heavy (non-hydrogen) atoms. The number of nitrogens with two attached hydrogens (primary N) is 1. The molecule has 0 aliphatic rings. The number of unbranched alkanes of at least 4 members (excludes halogenated alkanes) is 1. The van der Waals surface area contributed by atoms with Gasteiger partial charge in [0, 0.05) is 5.39 Å². The maximum Gasteiger partial charge on any atom is 0.222 e. The van der Waals surface area contributed by atoms with Gasteiger partial charge in [-0.25, -0.2) is 4.98 Å². The number of aliphatic hydroxyl groups excluding tert-OH is 1. The van der Waals surface area contributed by atoms with Gasteiger partial charge >= 0.3 is 0 Å². The molecule has 2 aromatic rings. The van der Waals surface area contributed by atoms with Crippen molar-refractivity contribution in [3.63, 3.8) is 0 Å². The molecule has 5 heteroatoms. The standard InChI is InChI=1S/C14H20N4O/c1-2-3-6-10(9-19)16-13-11-7-4-5-8-12(11)17-14(15)18-13/h4-5,7-8,10,19H,2-3,6,9H2,1H3,(H3,15,16,17,18). The Kier molecular flexibility index (Phi) is 4.52. The van der Waals surface area contributed by atoms with Gasteiger partial charge in [-0.1, -0.05) is 31.9 Å². The summed E-state index contributed by atoms with van der Waals surface area (Å²) >= 11 is 0. The molecule has 0 amide bonds. The van der Waals surface area contributed by atoms with E-state index in [4.69, 9.17) is 5.73 Å². The Morgan fingerprint density at radius 1 is 1.32 bits per heavy atom. The molecule has 0 fully saturated rings. The summed E-state index contributed by atoms with van der Waals surface area (Å²) in [6.45, 7) is 2.21. The van der Waals surface area contributed by atoms with E-state index in [0.29, 0.717) is 5.82 Å². The normalized spacial score (nSPS) is 12.5. The summed E-state index contributed by atoms with van der Waals surface area (Å²) in [6.07, 6.45) is 3.08. The average molecular weight is 260 g/mol. The summed E-state index contributed by atoms with van der Waals surface area (Å²) < 4.78 is 0. The summed E-state index contributed by atoms with van der Waals surface area (Å²) in [7, 11) is 0. The molecule has 1 heterocycles. The molecule has 0 radical (unpaired) electrons. The van der Waals surface area contributed by atoms with Crippen LogP contribution in [0.25, 0.3) is 10.9 Å². The van der Waals surface area contributed by atoms with E-state index in [9.17, 15) is 5.11 Å². The van der Waals surface area contributed by atoms with Gasteiger partial charge in [0.2, 0.25) is 5.95 Å². The molecular formula is C14H20N4O. The van der Waals surface area contributed by atoms with Gasteiger partial charge in [0.25, 0.3) is 0 Å². The van der Waals surface area contributed by atoms with Crippen LogP contribution in [0.15, 0.2) is 24.3 Å². The highest BCUT2D eigenvalue weighted by Gasteiger charge is 2.11. The third-order valence-electron chi connectivity index (χ3n) is 3.09. The fourth-order valence-corrected chi connectivity index (χ4v) is 2.06. The first-order valence-electron chi connectivity index (χ1n) is 6.64. The molecule has 0 saturated heterocycles. The molecule has 1 aromatic carbocycles. The lowest BCUT2D eigenvalue weighted by Crippen LogP contribution is -2.24. The van der Waals surface area contributed by atoms with Gasteiger partial charge < -0.3 is 16.2 Å². The summed E-state index contributed by atoms with van der Waals surface area (Å²) in [5.41, 5.74) is 6.53. The van der Waals surface area contributed by atoms with Crippen molar-refractivity contribution in [2.75, 3.05) is 17.7 Å². The summed E-state index contributed by atoms with van der Waals surface area (Å²) in [5.74, 6) is 0.937. The van der Waals surface area contributed by atoms with Crippen molar-refractivity contribution in [2.45, 2.75) is 32.2 Å². The fourth-order valence-electron chi connectivity index (χ4n) is 2.06. The lowest BCUT2D eigenvalue weighted by Gasteiger charge is -2.17. The first-order valence-corrected chi connectivity index (χ1v) is 6.64. The van der Waals surface area contributed by atoms with Crippen molar-refractivity contribution in [1.82, 2.24) is 9.97 Å². The number of nitrogen functional groups attached to an aromatic ring is 1. The molecule has 1 atom stereocenters. The first-order chi connectivity index (χ1) is 9.24. The zero-order valence-corrected chi connectivity index (χ0v) is 11.1. The van der Waals surface area contributed by atoms with Crippen LogP contribution in [0.4, 0.5) is 11.8 Å². The second-order valence-electron chi connectivity index (χ2n) is 4.61. The Hall–Kier alpha value is -1.88. The molecule has 0 saturated carbocycles. The zero-order valence-electron chi connectivity index (χ0n) is 11.1. The minimum atomic E-state index is -0.00217. The number of aliphatic hydroxyl groups is 1. The second kappa shape index (κ2) is 6.33. The molecule has 0 aliphatic heterocycles. The topological polar surface area (TPSA) is 84.1 Å². The lowest BCUT2D eigenvalue weighted by atomic mass is 10.1. The summed E-state index contributed by atoms with van der Waals surface area (Å²) in [6, 6.07) is 7.70. The molecule has 102 valence electrons. The van der Waals surface area contributed by atoms with Gasteiger partial charge in [0.15, 0.2) is 0 Å². The molecule has 2 rings (SSSR count). The van der Waals surface area contributed by atoms with Crippen molar-refractivity contribution in [3.8, 4) is 0 Å². The Morgan fingerprint density at radius 2 is 2.11 bits per heavy atom. The number of hydrogen-bond donors (Lipinski definition) is 3. The third-order valence-corrected chi connectivity index (χ3v) is 3.09. The Bertz CT molecular complexity index is 544. The number of rotatable bonds is 6. The molecule has 0 aliphatic carbocycles. The van der Waals surface area contributed by atoms with Gasteiger partial charge in [0.05, 0.1) is 18.2 Å². The maximum atomic E-state index is 9.42. The van der Waals surface area contributed by atoms with E-state index in [1.165, 1.54) is 0 Å². The van der Waals surface area contributed by atoms with E-state index in [-0.39, 0.29) is 18.6 Å². The molecule has 5 nitrogen and oxygen atoms in total. The molecule has 1 aromatic heterocycles. The Morgan fingerprint density at radius 3 is 2.84 bits per heavy atom. The number of nitrogens with zero attached hydrogens (tertiary/aromatic N) is 2. The minimum Gasteiger partial charge on any atom is -0.394 e. The van der Waals surface area contributed by atoms with Gasteiger partial charge in [0.1, 0.15) is 5.82 Å². The SMILES string of the molecule is CCCCC(CO)Nc1nc(N)nc2ccccc12. The van der Waals surface area contributed by atoms with Crippen LogP contribution in [-0.4, -0.2) is 27.7 Å². The fraction of sp³-hybridized carbons (Fsp3) is 0.429. The van der Waals surface area contributed by atoms with Gasteiger partial charge in [-0.3, -0.25) is 0 Å². The smallest absolute Gasteiger partial charge is 0.222 e. The highest BCUT2D eigenvalue weighted by molar-refractivity contribution is 5.89. The van der Waals surface area contributed by atoms with Crippen molar-refractivity contribution in [2.24, 2.45) is 0 Å². The molecule has 4 N–H and O–H groups in total. The number of nitrogens with one attached hydrogen (secondary N) is 1. The van der Waals surface area contributed by atoms with Crippen LogP contribution in [0.2, 0.25) is 0 Å². The maximum absolute atomic E-state index is 9.42. The Balaban J connectivity index is 2.28. The van der Waals surface area contributed by atoms with Gasteiger partial charge in [-0.05, 0) is 18.6 Å². The van der Waals surface area contributed by atoms with E-state index in [1.54, 1.807) is 0 Å². The lowest BCUT2D eigenvalue weighted by molar-refractivity contribution is 0.267. The predicted molar refractivity (Wildman–Crippen MR) is 78.0 cm³/mol.